The summed E-state index contributed by atoms with van der Waals surface area (Å²) in [5, 5.41) is 20.5. The smallest absolute Gasteiger partial charge is 0.348 e. The Balaban J connectivity index is 1.65. The summed E-state index contributed by atoms with van der Waals surface area (Å²) in [6.07, 6.45) is 2.96. The Bertz CT molecular complexity index is 1610. The highest BCUT2D eigenvalue weighted by molar-refractivity contribution is 7.66. The van der Waals surface area contributed by atoms with Crippen LogP contribution in [0.15, 0.2) is 68.3 Å². The summed E-state index contributed by atoms with van der Waals surface area (Å²) in [5.74, 6) is -1.02. The first-order chi connectivity index (χ1) is 17.8. The van der Waals surface area contributed by atoms with E-state index >= 15 is 0 Å². The molecule has 0 aliphatic carbocycles. The van der Waals surface area contributed by atoms with E-state index in [1.807, 2.05) is 5.38 Å². The van der Waals surface area contributed by atoms with Gasteiger partial charge in [-0.3, -0.25) is 14.2 Å². The molecule has 0 radical (unpaired) electrons. The Kier molecular flexibility index (Phi) is 6.42. The van der Waals surface area contributed by atoms with Gasteiger partial charge in [-0.05, 0) is 35.7 Å². The van der Waals surface area contributed by atoms with E-state index in [1.165, 1.54) is 53.9 Å². The normalized spacial score (nSPS) is 16.5. The van der Waals surface area contributed by atoms with Crippen LogP contribution in [0.5, 0.6) is 11.5 Å². The van der Waals surface area contributed by atoms with Crippen LogP contribution in [0, 0.1) is 0 Å². The third kappa shape index (κ3) is 4.67. The minimum absolute atomic E-state index is 0.0629. The van der Waals surface area contributed by atoms with Crippen molar-refractivity contribution in [2.45, 2.75) is 6.54 Å². The van der Waals surface area contributed by atoms with E-state index in [-0.39, 0.29) is 41.3 Å². The van der Waals surface area contributed by atoms with Gasteiger partial charge in [-0.2, -0.15) is 9.86 Å². The molecular formula is C23H20N5O7PS. The van der Waals surface area contributed by atoms with E-state index in [1.54, 1.807) is 18.2 Å². The molecule has 0 saturated carbocycles. The number of benzene rings is 1. The number of thiophene rings is 1. The fourth-order valence-corrected chi connectivity index (χ4v) is 5.94. The predicted octanol–water partition coefficient (Wildman–Crippen LogP) is 2.52. The predicted molar refractivity (Wildman–Crippen MR) is 137 cm³/mol. The lowest BCUT2D eigenvalue weighted by Crippen LogP contribution is -2.35. The molecule has 0 fully saturated rings. The number of hydrogen-bond acceptors (Lipinski definition) is 10. The van der Waals surface area contributed by atoms with Crippen LogP contribution in [0.1, 0.15) is 11.1 Å². The number of ether oxygens (including phenoxy) is 1. The lowest BCUT2D eigenvalue weighted by molar-refractivity contribution is -0.119. The average Bonchev–Trinajstić information content (AvgIpc) is 3.59. The SMILES string of the molecule is COP1(=O)N=C(c2c(O)c(-c3cccs3)nn(Cc3ccoc3)c2=O)Nc2ccc(OCC(N)=O)cc21. The van der Waals surface area contributed by atoms with Crippen LogP contribution >= 0.6 is 18.9 Å². The highest BCUT2D eigenvalue weighted by atomic mass is 32.1. The lowest BCUT2D eigenvalue weighted by Gasteiger charge is -2.25. The van der Waals surface area contributed by atoms with Gasteiger partial charge < -0.3 is 29.8 Å². The molecule has 37 heavy (non-hydrogen) atoms. The van der Waals surface area contributed by atoms with Crippen molar-refractivity contribution in [2.24, 2.45) is 10.5 Å². The molecule has 12 nitrogen and oxygen atoms in total. The van der Waals surface area contributed by atoms with Gasteiger partial charge >= 0.3 is 7.52 Å². The monoisotopic (exact) mass is 541 g/mol. The molecule has 0 spiro atoms. The summed E-state index contributed by atoms with van der Waals surface area (Å²) in [6.45, 7) is -0.308. The number of carbonyl (C=O) groups is 1. The highest BCUT2D eigenvalue weighted by Gasteiger charge is 2.36. The molecule has 4 heterocycles. The largest absolute Gasteiger partial charge is 0.505 e. The topological polar surface area (TPSA) is 171 Å². The van der Waals surface area contributed by atoms with Crippen LogP contribution in [0.4, 0.5) is 5.69 Å². The number of carbonyl (C=O) groups excluding carboxylic acids is 1. The van der Waals surface area contributed by atoms with Crippen LogP contribution in [0.25, 0.3) is 10.6 Å². The van der Waals surface area contributed by atoms with E-state index in [0.717, 1.165) is 0 Å². The Labute approximate surface area is 213 Å². The number of fused-ring (bicyclic) bond motifs is 1. The van der Waals surface area contributed by atoms with Gasteiger partial charge in [0.1, 0.15) is 17.0 Å². The number of nitrogens with two attached hydrogens (primary N) is 1. The van der Waals surface area contributed by atoms with Crippen molar-refractivity contribution < 1.29 is 28.1 Å². The van der Waals surface area contributed by atoms with E-state index in [2.05, 4.69) is 15.2 Å². The summed E-state index contributed by atoms with van der Waals surface area (Å²) in [6, 6.07) is 9.70. The Morgan fingerprint density at radius 1 is 1.32 bits per heavy atom. The van der Waals surface area contributed by atoms with Crippen molar-refractivity contribution in [3.05, 3.63) is 75.8 Å². The van der Waals surface area contributed by atoms with E-state index in [9.17, 15) is 19.3 Å². The van der Waals surface area contributed by atoms with Crippen molar-refractivity contribution in [3.8, 4) is 22.1 Å². The first kappa shape index (κ1) is 24.5. The quantitative estimate of drug-likeness (QED) is 0.284. The number of hydrogen-bond donors (Lipinski definition) is 3. The third-order valence-corrected chi connectivity index (χ3v) is 8.23. The Morgan fingerprint density at radius 2 is 2.16 bits per heavy atom. The zero-order valence-corrected chi connectivity index (χ0v) is 21.0. The zero-order valence-electron chi connectivity index (χ0n) is 19.3. The third-order valence-electron chi connectivity index (χ3n) is 5.42. The summed E-state index contributed by atoms with van der Waals surface area (Å²) in [5.41, 5.74) is 5.39. The number of furan rings is 1. The van der Waals surface area contributed by atoms with E-state index in [4.69, 9.17) is 19.4 Å². The van der Waals surface area contributed by atoms with Crippen molar-refractivity contribution in [1.29, 1.82) is 0 Å². The maximum Gasteiger partial charge on any atom is 0.348 e. The van der Waals surface area contributed by atoms with Gasteiger partial charge in [0, 0.05) is 12.7 Å². The number of amidine groups is 1. The lowest BCUT2D eigenvalue weighted by atomic mass is 10.1. The summed E-state index contributed by atoms with van der Waals surface area (Å²) in [7, 11) is -2.71. The number of aromatic nitrogens is 2. The number of nitrogens with zero attached hydrogens (tertiary/aromatic N) is 3. The molecule has 1 aliphatic heterocycles. The fourth-order valence-electron chi connectivity index (χ4n) is 3.70. The number of aromatic hydroxyl groups is 1. The average molecular weight is 541 g/mol. The number of rotatable bonds is 8. The first-order valence-electron chi connectivity index (χ1n) is 10.8. The number of nitrogens with one attached hydrogen (secondary N) is 1. The van der Waals surface area contributed by atoms with Gasteiger partial charge in [-0.1, -0.05) is 6.07 Å². The van der Waals surface area contributed by atoms with Crippen molar-refractivity contribution in [2.75, 3.05) is 19.0 Å². The van der Waals surface area contributed by atoms with Crippen molar-refractivity contribution in [1.82, 2.24) is 9.78 Å². The molecule has 3 aromatic heterocycles. The highest BCUT2D eigenvalue weighted by Crippen LogP contribution is 2.52. The second kappa shape index (κ2) is 9.69. The summed E-state index contributed by atoms with van der Waals surface area (Å²) < 4.78 is 34.9. The van der Waals surface area contributed by atoms with E-state index < -0.39 is 24.7 Å². The number of primary amides is 1. The van der Waals surface area contributed by atoms with Crippen LogP contribution in [0.3, 0.4) is 0 Å². The van der Waals surface area contributed by atoms with E-state index in [0.29, 0.717) is 16.1 Å². The van der Waals surface area contributed by atoms with Gasteiger partial charge in [-0.15, -0.1) is 11.3 Å². The molecule has 1 amide bonds. The number of anilines is 1. The molecule has 4 aromatic rings. The summed E-state index contributed by atoms with van der Waals surface area (Å²) >= 11 is 1.33. The standard InChI is InChI=1S/C23H20N5O7PS/c1-33-36(32)16-9-14(35-12-18(24)29)4-5-15(16)25-22(27-36)19-21(30)20(17-3-2-8-37-17)26-28(23(19)31)10-13-6-7-34-11-13/h2-9,11,30H,10,12H2,1H3,(H2,24,29)(H,25,27,32). The molecule has 0 saturated heterocycles. The maximum absolute atomic E-state index is 13.8. The minimum atomic E-state index is -3.93. The molecule has 1 unspecified atom stereocenters. The Morgan fingerprint density at radius 3 is 2.84 bits per heavy atom. The van der Waals surface area contributed by atoms with Crippen LogP contribution in [-0.2, 0) is 20.4 Å². The molecule has 1 aliphatic rings. The molecule has 1 atom stereocenters. The second-order valence-electron chi connectivity index (χ2n) is 7.85. The maximum atomic E-state index is 13.8. The fraction of sp³-hybridized carbons (Fsp3) is 0.130. The van der Waals surface area contributed by atoms with Crippen LogP contribution in [0.2, 0.25) is 0 Å². The summed E-state index contributed by atoms with van der Waals surface area (Å²) in [4.78, 5) is 25.2. The number of amides is 1. The minimum Gasteiger partial charge on any atom is -0.505 e. The van der Waals surface area contributed by atoms with Gasteiger partial charge in [0.15, 0.2) is 18.2 Å². The Hall–Kier alpha value is -4.19. The first-order valence-corrected chi connectivity index (χ1v) is 13.2. The molecule has 190 valence electrons. The molecule has 14 heteroatoms. The molecule has 5 rings (SSSR count). The van der Waals surface area contributed by atoms with Crippen molar-refractivity contribution in [3.63, 3.8) is 0 Å². The van der Waals surface area contributed by atoms with Gasteiger partial charge in [0.2, 0.25) is 0 Å². The molecule has 0 bridgehead atoms. The van der Waals surface area contributed by atoms with Gasteiger partial charge in [0.05, 0.1) is 34.9 Å². The van der Waals surface area contributed by atoms with Crippen molar-refractivity contribution >= 4 is 41.6 Å². The van der Waals surface area contributed by atoms with Crippen LogP contribution in [-0.4, -0.2) is 40.3 Å². The second-order valence-corrected chi connectivity index (χ2v) is 10.9. The molecule has 1 aromatic carbocycles. The van der Waals surface area contributed by atoms with Crippen LogP contribution < -0.4 is 26.7 Å². The van der Waals surface area contributed by atoms with Gasteiger partial charge in [-0.25, -0.2) is 4.68 Å². The molecule has 4 N–H and O–H groups in total. The zero-order chi connectivity index (χ0) is 26.2. The van der Waals surface area contributed by atoms with Gasteiger partial charge in [0.25, 0.3) is 11.5 Å². The molecular weight excluding hydrogens is 521 g/mol.